The second-order valence-electron chi connectivity index (χ2n) is 6.51. The Kier molecular flexibility index (Phi) is 5.43. The van der Waals surface area contributed by atoms with Crippen LogP contribution in [0.3, 0.4) is 0 Å². The first-order chi connectivity index (χ1) is 12.1. The van der Waals surface area contributed by atoms with E-state index in [0.29, 0.717) is 5.56 Å². The van der Waals surface area contributed by atoms with Crippen LogP contribution < -0.4 is 10.6 Å². The van der Waals surface area contributed by atoms with Gasteiger partial charge in [0.25, 0.3) is 11.8 Å². The summed E-state index contributed by atoms with van der Waals surface area (Å²) in [6.45, 7) is 1.94. The van der Waals surface area contributed by atoms with E-state index in [1.165, 1.54) is 12.6 Å². The minimum absolute atomic E-state index is 0.211. The van der Waals surface area contributed by atoms with Gasteiger partial charge in [-0.1, -0.05) is 37.5 Å². The number of hydrogen-bond acceptors (Lipinski definition) is 3. The van der Waals surface area contributed by atoms with Gasteiger partial charge in [0.2, 0.25) is 0 Å². The molecule has 5 heteroatoms. The fraction of sp³-hybridized carbons (Fsp3) is 0.350. The molecule has 0 bridgehead atoms. The molecular formula is C20H23N3O2. The van der Waals surface area contributed by atoms with Crippen molar-refractivity contribution >= 4 is 17.5 Å². The molecule has 1 aliphatic rings. The van der Waals surface area contributed by atoms with Gasteiger partial charge in [0.15, 0.2) is 0 Å². The predicted molar refractivity (Wildman–Crippen MR) is 97.7 cm³/mol. The Morgan fingerprint density at radius 2 is 1.80 bits per heavy atom. The molecule has 0 aliphatic heterocycles. The van der Waals surface area contributed by atoms with E-state index in [-0.39, 0.29) is 23.6 Å². The summed E-state index contributed by atoms with van der Waals surface area (Å²) in [4.78, 5) is 29.0. The number of para-hydroxylation sites is 1. The number of nitrogens with one attached hydrogen (secondary N) is 2. The maximum Gasteiger partial charge on any atom is 0.270 e. The molecule has 2 amide bonds. The molecule has 1 aromatic carbocycles. The monoisotopic (exact) mass is 337 g/mol. The highest BCUT2D eigenvalue weighted by Gasteiger charge is 2.18. The molecule has 1 fully saturated rings. The third-order valence-corrected chi connectivity index (χ3v) is 4.59. The lowest BCUT2D eigenvalue weighted by atomic mass is 9.95. The molecule has 25 heavy (non-hydrogen) atoms. The van der Waals surface area contributed by atoms with Crippen LogP contribution in [0.2, 0.25) is 0 Å². The van der Waals surface area contributed by atoms with Gasteiger partial charge in [-0.3, -0.25) is 14.6 Å². The Morgan fingerprint density at radius 3 is 2.56 bits per heavy atom. The summed E-state index contributed by atoms with van der Waals surface area (Å²) in [5, 5.41) is 5.90. The van der Waals surface area contributed by atoms with E-state index in [1.54, 1.807) is 12.1 Å². The van der Waals surface area contributed by atoms with Gasteiger partial charge < -0.3 is 10.6 Å². The number of carbonyl (C=O) groups excluding carboxylic acids is 2. The van der Waals surface area contributed by atoms with Gasteiger partial charge in [-0.2, -0.15) is 0 Å². The van der Waals surface area contributed by atoms with Gasteiger partial charge in [-0.15, -0.1) is 0 Å². The Bertz CT molecular complexity index is 767. The summed E-state index contributed by atoms with van der Waals surface area (Å²) in [6, 6.07) is 11.0. The first-order valence-electron chi connectivity index (χ1n) is 8.77. The van der Waals surface area contributed by atoms with Crippen LogP contribution in [0, 0.1) is 6.92 Å². The van der Waals surface area contributed by atoms with Crippen molar-refractivity contribution in [1.82, 2.24) is 10.3 Å². The Balaban J connectivity index is 1.69. The van der Waals surface area contributed by atoms with Crippen LogP contribution in [0.1, 0.15) is 58.5 Å². The largest absolute Gasteiger partial charge is 0.348 e. The van der Waals surface area contributed by atoms with Crippen LogP contribution in [0.4, 0.5) is 5.69 Å². The third kappa shape index (κ3) is 4.44. The molecule has 0 radical (unpaired) electrons. The van der Waals surface area contributed by atoms with E-state index in [4.69, 9.17) is 0 Å². The van der Waals surface area contributed by atoms with Gasteiger partial charge >= 0.3 is 0 Å². The summed E-state index contributed by atoms with van der Waals surface area (Å²) in [5.74, 6) is -0.458. The van der Waals surface area contributed by atoms with Crippen LogP contribution in [0.15, 0.2) is 42.6 Å². The van der Waals surface area contributed by atoms with Gasteiger partial charge in [-0.25, -0.2) is 0 Å². The highest BCUT2D eigenvalue weighted by atomic mass is 16.2. The second kappa shape index (κ2) is 7.92. The number of benzene rings is 1. The molecule has 130 valence electrons. The Hall–Kier alpha value is -2.69. The summed E-state index contributed by atoms with van der Waals surface area (Å²) in [5.41, 5.74) is 2.45. The van der Waals surface area contributed by atoms with Crippen molar-refractivity contribution in [3.05, 3.63) is 59.4 Å². The minimum Gasteiger partial charge on any atom is -0.348 e. The molecular weight excluding hydrogens is 314 g/mol. The standard InChI is InChI=1S/C20H23N3O2/c1-14-7-5-6-10-17(14)23-19(24)15-11-12-21-18(13-15)20(25)22-16-8-3-2-4-9-16/h5-7,10-13,16H,2-4,8-9H2,1H3,(H,22,25)(H,23,24). The van der Waals surface area contributed by atoms with E-state index in [2.05, 4.69) is 15.6 Å². The maximum absolute atomic E-state index is 12.5. The molecule has 3 rings (SSSR count). The van der Waals surface area contributed by atoms with E-state index in [1.807, 2.05) is 31.2 Å². The van der Waals surface area contributed by atoms with Gasteiger partial charge in [0, 0.05) is 23.5 Å². The maximum atomic E-state index is 12.5. The molecule has 1 heterocycles. The average molecular weight is 337 g/mol. The van der Waals surface area contributed by atoms with Crippen LogP contribution >= 0.6 is 0 Å². The van der Waals surface area contributed by atoms with Gasteiger partial charge in [-0.05, 0) is 43.5 Å². The molecule has 1 aliphatic carbocycles. The minimum atomic E-state index is -0.247. The van der Waals surface area contributed by atoms with Crippen molar-refractivity contribution in [2.24, 2.45) is 0 Å². The average Bonchev–Trinajstić information content (AvgIpc) is 2.64. The quantitative estimate of drug-likeness (QED) is 0.893. The Morgan fingerprint density at radius 1 is 1.04 bits per heavy atom. The lowest BCUT2D eigenvalue weighted by Crippen LogP contribution is -2.36. The molecule has 0 saturated heterocycles. The number of hydrogen-bond donors (Lipinski definition) is 2. The van der Waals surface area contributed by atoms with E-state index < -0.39 is 0 Å². The number of anilines is 1. The molecule has 1 aromatic heterocycles. The number of aromatic nitrogens is 1. The van der Waals surface area contributed by atoms with Crippen molar-refractivity contribution in [2.45, 2.75) is 45.1 Å². The summed E-state index contributed by atoms with van der Waals surface area (Å²) < 4.78 is 0. The number of amides is 2. The number of aryl methyl sites for hydroxylation is 1. The first-order valence-corrected chi connectivity index (χ1v) is 8.77. The number of carbonyl (C=O) groups is 2. The second-order valence-corrected chi connectivity index (χ2v) is 6.51. The van der Waals surface area contributed by atoms with Crippen molar-refractivity contribution in [3.63, 3.8) is 0 Å². The number of pyridine rings is 1. The summed E-state index contributed by atoms with van der Waals surface area (Å²) in [7, 11) is 0. The summed E-state index contributed by atoms with van der Waals surface area (Å²) >= 11 is 0. The topological polar surface area (TPSA) is 71.1 Å². The van der Waals surface area contributed by atoms with Crippen LogP contribution in [0.25, 0.3) is 0 Å². The normalized spacial score (nSPS) is 14.8. The van der Waals surface area contributed by atoms with Gasteiger partial charge in [0.05, 0.1) is 0 Å². The number of nitrogens with zero attached hydrogens (tertiary/aromatic N) is 1. The molecule has 0 unspecified atom stereocenters. The van der Waals surface area contributed by atoms with Crippen molar-refractivity contribution in [2.75, 3.05) is 5.32 Å². The molecule has 0 atom stereocenters. The zero-order valence-electron chi connectivity index (χ0n) is 14.4. The summed E-state index contributed by atoms with van der Waals surface area (Å²) in [6.07, 6.45) is 7.06. The lowest BCUT2D eigenvalue weighted by Gasteiger charge is -2.22. The molecule has 5 nitrogen and oxygen atoms in total. The van der Waals surface area contributed by atoms with E-state index >= 15 is 0 Å². The zero-order chi connectivity index (χ0) is 17.6. The SMILES string of the molecule is Cc1ccccc1NC(=O)c1ccnc(C(=O)NC2CCCCC2)c1. The molecule has 2 N–H and O–H groups in total. The van der Waals surface area contributed by atoms with E-state index in [0.717, 1.165) is 36.9 Å². The van der Waals surface area contributed by atoms with Crippen LogP contribution in [-0.2, 0) is 0 Å². The van der Waals surface area contributed by atoms with Crippen molar-refractivity contribution < 1.29 is 9.59 Å². The van der Waals surface area contributed by atoms with Gasteiger partial charge in [0.1, 0.15) is 5.69 Å². The van der Waals surface area contributed by atoms with E-state index in [9.17, 15) is 9.59 Å². The third-order valence-electron chi connectivity index (χ3n) is 4.59. The van der Waals surface area contributed by atoms with Crippen molar-refractivity contribution in [3.8, 4) is 0 Å². The Labute approximate surface area is 147 Å². The van der Waals surface area contributed by atoms with Crippen LogP contribution in [-0.4, -0.2) is 22.8 Å². The fourth-order valence-corrected chi connectivity index (χ4v) is 3.11. The fourth-order valence-electron chi connectivity index (χ4n) is 3.11. The molecule has 1 saturated carbocycles. The van der Waals surface area contributed by atoms with Crippen LogP contribution in [0.5, 0.6) is 0 Å². The predicted octanol–water partition coefficient (Wildman–Crippen LogP) is 3.70. The molecule has 0 spiro atoms. The smallest absolute Gasteiger partial charge is 0.270 e. The lowest BCUT2D eigenvalue weighted by molar-refractivity contribution is 0.0922. The highest BCUT2D eigenvalue weighted by molar-refractivity contribution is 6.06. The van der Waals surface area contributed by atoms with Crippen molar-refractivity contribution in [1.29, 1.82) is 0 Å². The molecule has 2 aromatic rings. The first kappa shape index (κ1) is 17.1. The highest BCUT2D eigenvalue weighted by Crippen LogP contribution is 2.18. The number of rotatable bonds is 4. The zero-order valence-corrected chi connectivity index (χ0v) is 14.4.